The van der Waals surface area contributed by atoms with Gasteiger partial charge in [-0.2, -0.15) is 0 Å². The molecule has 38 heavy (non-hydrogen) atoms. The zero-order valence-electron chi connectivity index (χ0n) is 22.4. The number of oxazole rings is 1. The van der Waals surface area contributed by atoms with Gasteiger partial charge < -0.3 is 23.6 Å². The average Bonchev–Trinajstić information content (AvgIpc) is 3.47. The summed E-state index contributed by atoms with van der Waals surface area (Å²) in [5, 5.41) is 10.7. The number of ether oxygens (including phenoxy) is 2. The van der Waals surface area contributed by atoms with E-state index in [1.165, 1.54) is 11.1 Å². The summed E-state index contributed by atoms with van der Waals surface area (Å²) < 4.78 is 20.3. The van der Waals surface area contributed by atoms with Crippen LogP contribution in [0.2, 0.25) is 0 Å². The van der Waals surface area contributed by atoms with Gasteiger partial charge in [0.25, 0.3) is 0 Å². The number of carboxylic acids is 1. The smallest absolute Gasteiger partial charge is 0.352 e. The van der Waals surface area contributed by atoms with Crippen molar-refractivity contribution in [2.75, 3.05) is 6.61 Å². The number of hydrogen-bond donors (Lipinski definition) is 1. The highest BCUT2D eigenvalue weighted by molar-refractivity contribution is 5.94. The van der Waals surface area contributed by atoms with Crippen LogP contribution in [0.3, 0.4) is 0 Å². The third-order valence-electron chi connectivity index (χ3n) is 7.45. The Morgan fingerprint density at radius 2 is 1.92 bits per heavy atom. The maximum Gasteiger partial charge on any atom is 0.352 e. The van der Waals surface area contributed by atoms with Crippen LogP contribution in [0.5, 0.6) is 0 Å². The van der Waals surface area contributed by atoms with Crippen LogP contribution in [0.4, 0.5) is 0 Å². The molecule has 2 unspecified atom stereocenters. The van der Waals surface area contributed by atoms with E-state index in [-0.39, 0.29) is 12.2 Å². The Hall–Kier alpha value is -3.42. The van der Waals surface area contributed by atoms with Crippen molar-refractivity contribution in [3.63, 3.8) is 0 Å². The lowest BCUT2D eigenvalue weighted by Crippen LogP contribution is -2.29. The van der Waals surface area contributed by atoms with Crippen LogP contribution in [0.15, 0.2) is 52.9 Å². The molecule has 0 saturated heterocycles. The Morgan fingerprint density at radius 3 is 2.68 bits per heavy atom. The third kappa shape index (κ3) is 5.84. The largest absolute Gasteiger partial charge is 0.477 e. The molecule has 1 aliphatic carbocycles. The first-order valence-electron chi connectivity index (χ1n) is 13.5. The van der Waals surface area contributed by atoms with E-state index in [2.05, 4.69) is 43.1 Å². The van der Waals surface area contributed by atoms with E-state index in [9.17, 15) is 9.90 Å². The third-order valence-corrected chi connectivity index (χ3v) is 7.45. The molecule has 1 aliphatic rings. The first kappa shape index (κ1) is 26.2. The van der Waals surface area contributed by atoms with Gasteiger partial charge in [-0.1, -0.05) is 30.7 Å². The lowest BCUT2D eigenvalue weighted by Gasteiger charge is -2.29. The van der Waals surface area contributed by atoms with Gasteiger partial charge >= 0.3 is 5.97 Å². The number of aryl methyl sites for hydroxylation is 3. The highest BCUT2D eigenvalue weighted by Crippen LogP contribution is 2.27. The predicted octanol–water partition coefficient (Wildman–Crippen LogP) is 6.72. The number of nitrogens with zero attached hydrogens (tertiary/aromatic N) is 2. The van der Waals surface area contributed by atoms with Crippen molar-refractivity contribution < 1.29 is 23.8 Å². The van der Waals surface area contributed by atoms with Gasteiger partial charge in [-0.25, -0.2) is 9.78 Å². The van der Waals surface area contributed by atoms with E-state index in [0.717, 1.165) is 60.0 Å². The summed E-state index contributed by atoms with van der Waals surface area (Å²) in [6, 6.07) is 16.0. The normalized spacial score (nSPS) is 17.8. The molecule has 7 heteroatoms. The van der Waals surface area contributed by atoms with E-state index < -0.39 is 5.97 Å². The van der Waals surface area contributed by atoms with Crippen molar-refractivity contribution in [1.82, 2.24) is 9.55 Å². The number of rotatable bonds is 10. The highest BCUT2D eigenvalue weighted by Gasteiger charge is 2.24. The number of benzene rings is 2. The van der Waals surface area contributed by atoms with Crippen LogP contribution in [0.25, 0.3) is 22.4 Å². The summed E-state index contributed by atoms with van der Waals surface area (Å²) in [5.41, 5.74) is 5.40. The number of fused-ring (bicyclic) bond motifs is 1. The molecule has 2 atom stereocenters. The molecular formula is C31H36N2O5. The monoisotopic (exact) mass is 516 g/mol. The average molecular weight is 517 g/mol. The molecule has 0 spiro atoms. The molecule has 2 heterocycles. The summed E-state index contributed by atoms with van der Waals surface area (Å²) in [6.07, 6.45) is 4.94. The van der Waals surface area contributed by atoms with Gasteiger partial charge in [0.1, 0.15) is 17.1 Å². The minimum Gasteiger partial charge on any atom is -0.477 e. The van der Waals surface area contributed by atoms with E-state index in [1.54, 1.807) is 6.07 Å². The maximum absolute atomic E-state index is 11.9. The first-order chi connectivity index (χ1) is 18.4. The van der Waals surface area contributed by atoms with E-state index in [1.807, 2.05) is 29.7 Å². The zero-order valence-corrected chi connectivity index (χ0v) is 22.4. The molecule has 1 fully saturated rings. The Labute approximate surface area is 223 Å². The quantitative estimate of drug-likeness (QED) is 0.252. The van der Waals surface area contributed by atoms with Gasteiger partial charge in [0.05, 0.1) is 25.4 Å². The molecule has 5 rings (SSSR count). The molecule has 2 aromatic heterocycles. The molecule has 0 bridgehead atoms. The summed E-state index contributed by atoms with van der Waals surface area (Å²) in [6.45, 7) is 7.45. The minimum atomic E-state index is -0.918. The van der Waals surface area contributed by atoms with Crippen LogP contribution in [-0.4, -0.2) is 39.4 Å². The van der Waals surface area contributed by atoms with Crippen molar-refractivity contribution in [3.05, 3.63) is 76.8 Å². The summed E-state index contributed by atoms with van der Waals surface area (Å²) in [5.74, 6) is 0.488. The van der Waals surface area contributed by atoms with E-state index >= 15 is 0 Å². The Balaban J connectivity index is 1.16. The molecule has 0 aliphatic heterocycles. The number of carbonyl (C=O) groups is 1. The fourth-order valence-corrected chi connectivity index (χ4v) is 5.33. The molecule has 0 radical (unpaired) electrons. The van der Waals surface area contributed by atoms with Gasteiger partial charge in [0, 0.05) is 23.0 Å². The number of aromatic carboxylic acids is 1. The highest BCUT2D eigenvalue weighted by atomic mass is 16.5. The van der Waals surface area contributed by atoms with Gasteiger partial charge in [0.2, 0.25) is 5.89 Å². The van der Waals surface area contributed by atoms with Crippen molar-refractivity contribution in [1.29, 1.82) is 0 Å². The predicted molar refractivity (Wildman–Crippen MR) is 146 cm³/mol. The molecule has 1 N–H and O–H groups in total. The van der Waals surface area contributed by atoms with Gasteiger partial charge in [0.15, 0.2) is 0 Å². The van der Waals surface area contributed by atoms with Crippen LogP contribution < -0.4 is 0 Å². The van der Waals surface area contributed by atoms with Crippen LogP contribution in [0, 0.1) is 13.8 Å². The van der Waals surface area contributed by atoms with Gasteiger partial charge in [-0.3, -0.25) is 0 Å². The van der Waals surface area contributed by atoms with Crippen molar-refractivity contribution in [3.8, 4) is 11.5 Å². The summed E-state index contributed by atoms with van der Waals surface area (Å²) >= 11 is 0. The van der Waals surface area contributed by atoms with E-state index in [0.29, 0.717) is 31.3 Å². The summed E-state index contributed by atoms with van der Waals surface area (Å²) in [4.78, 5) is 16.6. The fourth-order valence-electron chi connectivity index (χ4n) is 5.33. The van der Waals surface area contributed by atoms with Gasteiger partial charge in [-0.05, 0) is 81.8 Å². The molecule has 7 nitrogen and oxygen atoms in total. The molecule has 2 aromatic carbocycles. The van der Waals surface area contributed by atoms with Crippen molar-refractivity contribution in [2.24, 2.45) is 0 Å². The lowest BCUT2D eigenvalue weighted by molar-refractivity contribution is -0.0523. The Bertz CT molecular complexity index is 1420. The topological polar surface area (TPSA) is 86.7 Å². The SMILES string of the molecule is CCc1ccc2c(c1)cc(C(=O)O)n2CCOC1CCCC(OCc2nc(-c3cccc(C)c3)oc2C)C1. The first-order valence-corrected chi connectivity index (χ1v) is 13.5. The lowest BCUT2D eigenvalue weighted by atomic mass is 9.95. The minimum absolute atomic E-state index is 0.0943. The second kappa shape index (κ2) is 11.5. The number of aromatic nitrogens is 2. The van der Waals surface area contributed by atoms with E-state index in [4.69, 9.17) is 13.9 Å². The number of carboxylic acid groups (broad SMARTS) is 1. The second-order valence-corrected chi connectivity index (χ2v) is 10.2. The molecular weight excluding hydrogens is 480 g/mol. The zero-order chi connectivity index (χ0) is 26.6. The van der Waals surface area contributed by atoms with Gasteiger partial charge in [-0.15, -0.1) is 0 Å². The van der Waals surface area contributed by atoms with Crippen molar-refractivity contribution in [2.45, 2.75) is 78.2 Å². The maximum atomic E-state index is 11.9. The summed E-state index contributed by atoms with van der Waals surface area (Å²) in [7, 11) is 0. The fraction of sp³-hybridized carbons (Fsp3) is 0.419. The Morgan fingerprint density at radius 1 is 1.11 bits per heavy atom. The van der Waals surface area contributed by atoms with Crippen LogP contribution >= 0.6 is 0 Å². The molecule has 4 aromatic rings. The van der Waals surface area contributed by atoms with Crippen LogP contribution in [0.1, 0.15) is 65.7 Å². The second-order valence-electron chi connectivity index (χ2n) is 10.2. The molecule has 1 saturated carbocycles. The standard InChI is InChI=1S/C31H36N2O5/c1-4-22-11-12-28-24(16-22)17-29(31(34)35)33(28)13-14-36-25-9-6-10-26(18-25)37-19-27-21(3)38-30(32-27)23-8-5-7-20(2)15-23/h5,7-8,11-12,15-17,25-26H,4,6,9-10,13-14,18-19H2,1-3H3,(H,34,35). The number of hydrogen-bond acceptors (Lipinski definition) is 5. The molecule has 200 valence electrons. The Kier molecular flexibility index (Phi) is 7.95. The molecule has 0 amide bonds. The van der Waals surface area contributed by atoms with Crippen LogP contribution in [-0.2, 0) is 29.0 Å². The van der Waals surface area contributed by atoms with Crippen molar-refractivity contribution >= 4 is 16.9 Å².